The van der Waals surface area contributed by atoms with E-state index in [1.165, 1.54) is 31.4 Å². The van der Waals surface area contributed by atoms with Crippen LogP contribution in [0.5, 0.6) is 17.4 Å². The van der Waals surface area contributed by atoms with Crippen LogP contribution in [0.4, 0.5) is 24.9 Å². The summed E-state index contributed by atoms with van der Waals surface area (Å²) in [5, 5.41) is 0.418. The average molecular weight is 351 g/mol. The highest BCUT2D eigenvalue weighted by Crippen LogP contribution is 2.36. The zero-order valence-electron chi connectivity index (χ0n) is 12.8. The fourth-order valence-corrected chi connectivity index (χ4v) is 2.22. The lowest BCUT2D eigenvalue weighted by atomic mass is 10.2. The van der Waals surface area contributed by atoms with Gasteiger partial charge in [0, 0.05) is 18.2 Å². The predicted octanol–water partition coefficient (Wildman–Crippen LogP) is 3.01. The van der Waals surface area contributed by atoms with E-state index in [1.54, 1.807) is 0 Å². The van der Waals surface area contributed by atoms with Gasteiger partial charge in [-0.25, -0.2) is 9.97 Å². The van der Waals surface area contributed by atoms with Crippen molar-refractivity contribution < 1.29 is 22.6 Å². The van der Waals surface area contributed by atoms with E-state index in [0.717, 1.165) is 6.07 Å². The quantitative estimate of drug-likeness (QED) is 0.746. The third kappa shape index (κ3) is 3.32. The maximum atomic E-state index is 12.7. The van der Waals surface area contributed by atoms with Crippen LogP contribution in [-0.2, 0) is 6.18 Å². The molecule has 0 saturated carbocycles. The molecule has 0 aliphatic carbocycles. The summed E-state index contributed by atoms with van der Waals surface area (Å²) in [5.41, 5.74) is 10.6. The second-order valence-corrected chi connectivity index (χ2v) is 4.95. The molecule has 0 radical (unpaired) electrons. The Labute approximate surface area is 139 Å². The van der Waals surface area contributed by atoms with E-state index in [2.05, 4.69) is 15.0 Å². The molecule has 3 aromatic rings. The molecule has 3 rings (SSSR count). The molecule has 0 fully saturated rings. The van der Waals surface area contributed by atoms with Gasteiger partial charge in [0.25, 0.3) is 0 Å². The Hall–Kier alpha value is -3.30. The maximum Gasteiger partial charge on any atom is 0.433 e. The molecule has 10 heteroatoms. The number of ether oxygens (including phenoxy) is 2. The summed E-state index contributed by atoms with van der Waals surface area (Å²) in [7, 11) is 1.40. The zero-order chi connectivity index (χ0) is 18.2. The fraction of sp³-hybridized carbons (Fsp3) is 0.133. The number of hydrogen-bond acceptors (Lipinski definition) is 7. The standard InChI is InChI=1S/C15H12F3N5O2/c1-24-9-6-7(5-8-12(9)13(19)23-14(20)21-8)25-11-4-2-3-10(22-11)15(16,17)18/h2-6H,1H3,(H4,19,20,21,23). The Morgan fingerprint density at radius 2 is 1.80 bits per heavy atom. The normalized spacial score (nSPS) is 11.5. The van der Waals surface area contributed by atoms with Crippen molar-refractivity contribution in [2.75, 3.05) is 18.6 Å². The molecule has 0 spiro atoms. The molecule has 2 aromatic heterocycles. The van der Waals surface area contributed by atoms with Gasteiger partial charge < -0.3 is 20.9 Å². The SMILES string of the molecule is COc1cc(Oc2cccc(C(F)(F)F)n2)cc2nc(N)nc(N)c12. The number of rotatable bonds is 3. The Morgan fingerprint density at radius 1 is 1.04 bits per heavy atom. The zero-order valence-corrected chi connectivity index (χ0v) is 12.8. The van der Waals surface area contributed by atoms with Crippen molar-refractivity contribution in [3.8, 4) is 17.4 Å². The summed E-state index contributed by atoms with van der Waals surface area (Å²) < 4.78 is 48.9. The Morgan fingerprint density at radius 3 is 2.48 bits per heavy atom. The topological polar surface area (TPSA) is 109 Å². The van der Waals surface area contributed by atoms with Crippen LogP contribution in [0.15, 0.2) is 30.3 Å². The first-order valence-electron chi connectivity index (χ1n) is 6.91. The van der Waals surface area contributed by atoms with Crippen molar-refractivity contribution in [2.24, 2.45) is 0 Å². The molecular formula is C15H12F3N5O2. The number of nitrogen functional groups attached to an aromatic ring is 2. The van der Waals surface area contributed by atoms with E-state index in [0.29, 0.717) is 10.9 Å². The lowest BCUT2D eigenvalue weighted by Gasteiger charge is -2.12. The molecule has 0 saturated heterocycles. The van der Waals surface area contributed by atoms with Crippen molar-refractivity contribution in [3.63, 3.8) is 0 Å². The van der Waals surface area contributed by atoms with E-state index < -0.39 is 11.9 Å². The van der Waals surface area contributed by atoms with Crippen LogP contribution in [0.1, 0.15) is 5.69 Å². The molecule has 25 heavy (non-hydrogen) atoms. The maximum absolute atomic E-state index is 12.7. The first-order chi connectivity index (χ1) is 11.8. The van der Waals surface area contributed by atoms with Crippen molar-refractivity contribution in [1.82, 2.24) is 15.0 Å². The average Bonchev–Trinajstić information content (AvgIpc) is 2.53. The number of fused-ring (bicyclic) bond motifs is 1. The van der Waals surface area contributed by atoms with E-state index >= 15 is 0 Å². The van der Waals surface area contributed by atoms with Gasteiger partial charge in [-0.05, 0) is 6.07 Å². The van der Waals surface area contributed by atoms with E-state index in [4.69, 9.17) is 20.9 Å². The van der Waals surface area contributed by atoms with Crippen molar-refractivity contribution >= 4 is 22.7 Å². The van der Waals surface area contributed by atoms with Gasteiger partial charge in [-0.2, -0.15) is 18.2 Å². The largest absolute Gasteiger partial charge is 0.496 e. The smallest absolute Gasteiger partial charge is 0.433 e. The molecule has 2 heterocycles. The molecule has 0 unspecified atom stereocenters. The third-order valence-corrected chi connectivity index (χ3v) is 3.24. The number of methoxy groups -OCH3 is 1. The highest BCUT2D eigenvalue weighted by atomic mass is 19.4. The van der Waals surface area contributed by atoms with Gasteiger partial charge in [0.1, 0.15) is 23.0 Å². The minimum Gasteiger partial charge on any atom is -0.496 e. The van der Waals surface area contributed by atoms with E-state index in [1.807, 2.05) is 0 Å². The molecule has 1 aromatic carbocycles. The van der Waals surface area contributed by atoms with Crippen LogP contribution in [0, 0.1) is 0 Å². The molecule has 7 nitrogen and oxygen atoms in total. The summed E-state index contributed by atoms with van der Waals surface area (Å²) in [4.78, 5) is 11.3. The first kappa shape index (κ1) is 16.6. The predicted molar refractivity (Wildman–Crippen MR) is 84.2 cm³/mol. The second-order valence-electron chi connectivity index (χ2n) is 4.95. The van der Waals surface area contributed by atoms with Crippen LogP contribution in [0.2, 0.25) is 0 Å². The molecule has 0 aliphatic heterocycles. The van der Waals surface area contributed by atoms with Gasteiger partial charge in [-0.15, -0.1) is 0 Å². The highest BCUT2D eigenvalue weighted by molar-refractivity contribution is 5.95. The first-order valence-corrected chi connectivity index (χ1v) is 6.91. The lowest BCUT2D eigenvalue weighted by molar-refractivity contribution is -0.141. The minimum absolute atomic E-state index is 0.0543. The summed E-state index contributed by atoms with van der Waals surface area (Å²) in [6, 6.07) is 6.24. The molecule has 130 valence electrons. The number of hydrogen-bond donors (Lipinski definition) is 2. The van der Waals surface area contributed by atoms with E-state index in [-0.39, 0.29) is 29.1 Å². The number of nitrogens with two attached hydrogens (primary N) is 2. The fourth-order valence-electron chi connectivity index (χ4n) is 2.22. The van der Waals surface area contributed by atoms with Gasteiger partial charge in [-0.3, -0.25) is 0 Å². The van der Waals surface area contributed by atoms with Crippen LogP contribution in [-0.4, -0.2) is 22.1 Å². The number of nitrogens with zero attached hydrogens (tertiary/aromatic N) is 3. The number of anilines is 2. The molecular weight excluding hydrogens is 339 g/mol. The number of aromatic nitrogens is 3. The van der Waals surface area contributed by atoms with Crippen molar-refractivity contribution in [1.29, 1.82) is 0 Å². The molecule has 4 N–H and O–H groups in total. The Bertz CT molecular complexity index is 946. The number of benzene rings is 1. The second kappa shape index (κ2) is 5.96. The van der Waals surface area contributed by atoms with Crippen LogP contribution in [0.25, 0.3) is 10.9 Å². The monoisotopic (exact) mass is 351 g/mol. The van der Waals surface area contributed by atoms with Gasteiger partial charge in [0.2, 0.25) is 11.8 Å². The molecule has 0 amide bonds. The van der Waals surface area contributed by atoms with Gasteiger partial charge in [-0.1, -0.05) is 6.07 Å². The minimum atomic E-state index is -4.57. The molecule has 0 atom stereocenters. The number of pyridine rings is 1. The van der Waals surface area contributed by atoms with Crippen molar-refractivity contribution in [2.45, 2.75) is 6.18 Å². The third-order valence-electron chi connectivity index (χ3n) is 3.24. The summed E-state index contributed by atoms with van der Waals surface area (Å²) in [5.74, 6) is 0.279. The lowest BCUT2D eigenvalue weighted by Crippen LogP contribution is -2.08. The van der Waals surface area contributed by atoms with Crippen LogP contribution < -0.4 is 20.9 Å². The van der Waals surface area contributed by atoms with E-state index in [9.17, 15) is 13.2 Å². The summed E-state index contributed by atoms with van der Waals surface area (Å²) in [6.07, 6.45) is -4.57. The van der Waals surface area contributed by atoms with Gasteiger partial charge in [0.15, 0.2) is 0 Å². The summed E-state index contributed by atoms with van der Waals surface area (Å²) >= 11 is 0. The Kier molecular flexibility index (Phi) is 3.95. The van der Waals surface area contributed by atoms with Crippen LogP contribution in [0.3, 0.4) is 0 Å². The molecule has 0 aliphatic rings. The number of halogens is 3. The van der Waals surface area contributed by atoms with Crippen LogP contribution >= 0.6 is 0 Å². The highest BCUT2D eigenvalue weighted by Gasteiger charge is 2.32. The van der Waals surface area contributed by atoms with Gasteiger partial charge >= 0.3 is 6.18 Å². The molecule has 0 bridgehead atoms. The Balaban J connectivity index is 2.05. The number of alkyl halides is 3. The van der Waals surface area contributed by atoms with Crippen molar-refractivity contribution in [3.05, 3.63) is 36.0 Å². The van der Waals surface area contributed by atoms with Gasteiger partial charge in [0.05, 0.1) is 18.0 Å². The summed E-state index contributed by atoms with van der Waals surface area (Å²) in [6.45, 7) is 0.